The summed E-state index contributed by atoms with van der Waals surface area (Å²) in [4.78, 5) is 8.59. The summed E-state index contributed by atoms with van der Waals surface area (Å²) in [5.74, 6) is 1.24. The molecule has 0 unspecified atom stereocenters. The molecule has 4 rings (SSSR count). The molecule has 1 aromatic heterocycles. The van der Waals surface area contributed by atoms with E-state index in [1.54, 1.807) is 12.1 Å². The largest absolute Gasteiger partial charge is 0.457 e. The zero-order valence-electron chi connectivity index (χ0n) is 15.0. The zero-order valence-corrected chi connectivity index (χ0v) is 15.0. The molecule has 0 fully saturated rings. The molecule has 3 aromatic carbocycles. The minimum absolute atomic E-state index is 0.327. The highest BCUT2D eigenvalue weighted by atomic mass is 19.1. The van der Waals surface area contributed by atoms with Gasteiger partial charge in [-0.1, -0.05) is 18.2 Å². The molecule has 0 aliphatic carbocycles. The summed E-state index contributed by atoms with van der Waals surface area (Å²) in [6, 6.07) is 18.0. The van der Waals surface area contributed by atoms with Crippen molar-refractivity contribution in [3.05, 3.63) is 83.9 Å². The van der Waals surface area contributed by atoms with E-state index >= 15 is 0 Å². The number of aromatic nitrogens is 2. The predicted octanol–water partition coefficient (Wildman–Crippen LogP) is 5.92. The van der Waals surface area contributed by atoms with E-state index < -0.39 is 5.82 Å². The van der Waals surface area contributed by atoms with Crippen LogP contribution in [0.3, 0.4) is 0 Å². The van der Waals surface area contributed by atoms with Crippen molar-refractivity contribution in [2.75, 3.05) is 5.32 Å². The van der Waals surface area contributed by atoms with Crippen LogP contribution < -0.4 is 10.1 Å². The lowest BCUT2D eigenvalue weighted by Crippen LogP contribution is -1.99. The fourth-order valence-electron chi connectivity index (χ4n) is 2.83. The second-order valence-electron chi connectivity index (χ2n) is 6.36. The van der Waals surface area contributed by atoms with E-state index in [4.69, 9.17) is 4.74 Å². The first-order valence-electron chi connectivity index (χ1n) is 8.61. The second-order valence-corrected chi connectivity index (χ2v) is 6.36. The van der Waals surface area contributed by atoms with Crippen LogP contribution in [0.4, 0.5) is 15.9 Å². The molecule has 0 amide bonds. The molecule has 4 nitrogen and oxygen atoms in total. The minimum atomic E-state index is -0.418. The molecule has 4 aromatic rings. The molecule has 0 saturated carbocycles. The lowest BCUT2D eigenvalue weighted by Gasteiger charge is -2.12. The van der Waals surface area contributed by atoms with Gasteiger partial charge in [-0.15, -0.1) is 0 Å². The number of nitrogens with zero attached hydrogens (tertiary/aromatic N) is 2. The Morgan fingerprint density at radius 2 is 1.63 bits per heavy atom. The lowest BCUT2D eigenvalue weighted by molar-refractivity contribution is 0.477. The van der Waals surface area contributed by atoms with Gasteiger partial charge in [0.05, 0.1) is 11.2 Å². The monoisotopic (exact) mass is 359 g/mol. The van der Waals surface area contributed by atoms with Gasteiger partial charge in [0.25, 0.3) is 0 Å². The Labute approximate surface area is 156 Å². The molecule has 5 heteroatoms. The van der Waals surface area contributed by atoms with Crippen LogP contribution in [0.1, 0.15) is 11.1 Å². The van der Waals surface area contributed by atoms with Crippen LogP contribution >= 0.6 is 0 Å². The summed E-state index contributed by atoms with van der Waals surface area (Å²) >= 11 is 0. The van der Waals surface area contributed by atoms with Crippen LogP contribution in [-0.2, 0) is 0 Å². The SMILES string of the molecule is Cc1cc2ncnc(Nc3ccc(Oc4ccccc4)cc3F)c2cc1C. The summed E-state index contributed by atoms with van der Waals surface area (Å²) < 4.78 is 20.3. The van der Waals surface area contributed by atoms with Crippen LogP contribution in [0, 0.1) is 19.7 Å². The molecule has 134 valence electrons. The van der Waals surface area contributed by atoms with Crippen molar-refractivity contribution in [3.8, 4) is 11.5 Å². The second kappa shape index (κ2) is 7.03. The van der Waals surface area contributed by atoms with E-state index in [-0.39, 0.29) is 0 Å². The Kier molecular flexibility index (Phi) is 4.42. The normalized spacial score (nSPS) is 10.8. The van der Waals surface area contributed by atoms with Crippen molar-refractivity contribution in [2.45, 2.75) is 13.8 Å². The number of ether oxygens (including phenoxy) is 1. The van der Waals surface area contributed by atoms with Crippen LogP contribution in [0.15, 0.2) is 67.0 Å². The third kappa shape index (κ3) is 3.58. The Balaban J connectivity index is 1.63. The van der Waals surface area contributed by atoms with Crippen LogP contribution in [0.25, 0.3) is 10.9 Å². The fourth-order valence-corrected chi connectivity index (χ4v) is 2.83. The maximum atomic E-state index is 14.6. The molecule has 0 radical (unpaired) electrons. The summed E-state index contributed by atoms with van der Waals surface area (Å²) in [6.45, 7) is 4.07. The van der Waals surface area contributed by atoms with Gasteiger partial charge in [0.15, 0.2) is 0 Å². The number of para-hydroxylation sites is 1. The number of benzene rings is 3. The first-order valence-corrected chi connectivity index (χ1v) is 8.61. The van der Waals surface area contributed by atoms with E-state index in [1.807, 2.05) is 56.3 Å². The van der Waals surface area contributed by atoms with Gasteiger partial charge in [-0.2, -0.15) is 0 Å². The summed E-state index contributed by atoms with van der Waals surface area (Å²) in [6.07, 6.45) is 1.48. The molecule has 0 atom stereocenters. The Morgan fingerprint density at radius 3 is 2.41 bits per heavy atom. The molecule has 0 aliphatic rings. The smallest absolute Gasteiger partial charge is 0.150 e. The van der Waals surface area contributed by atoms with Gasteiger partial charge in [-0.3, -0.25) is 0 Å². The first kappa shape index (κ1) is 17.0. The molecule has 27 heavy (non-hydrogen) atoms. The van der Waals surface area contributed by atoms with E-state index in [1.165, 1.54) is 12.4 Å². The number of aryl methyl sites for hydroxylation is 2. The molecule has 0 spiro atoms. The molecule has 1 heterocycles. The number of nitrogens with one attached hydrogen (secondary N) is 1. The van der Waals surface area contributed by atoms with Gasteiger partial charge >= 0.3 is 0 Å². The molecular formula is C22H18FN3O. The van der Waals surface area contributed by atoms with Gasteiger partial charge in [-0.05, 0) is 61.4 Å². The topological polar surface area (TPSA) is 47.0 Å². The molecule has 0 saturated heterocycles. The van der Waals surface area contributed by atoms with Crippen LogP contribution in [0.2, 0.25) is 0 Å². The van der Waals surface area contributed by atoms with Crippen molar-refractivity contribution in [1.29, 1.82) is 0 Å². The summed E-state index contributed by atoms with van der Waals surface area (Å²) in [5.41, 5.74) is 3.43. The maximum Gasteiger partial charge on any atom is 0.150 e. The number of halogens is 1. The molecule has 0 aliphatic heterocycles. The van der Waals surface area contributed by atoms with Crippen molar-refractivity contribution < 1.29 is 9.13 Å². The number of anilines is 2. The summed E-state index contributed by atoms with van der Waals surface area (Å²) in [5, 5.41) is 3.92. The van der Waals surface area contributed by atoms with Gasteiger partial charge in [0, 0.05) is 11.5 Å². The van der Waals surface area contributed by atoms with Crippen molar-refractivity contribution in [3.63, 3.8) is 0 Å². The number of hydrogen-bond acceptors (Lipinski definition) is 4. The highest BCUT2D eigenvalue weighted by Gasteiger charge is 2.10. The molecule has 1 N–H and O–H groups in total. The van der Waals surface area contributed by atoms with Crippen molar-refractivity contribution >= 4 is 22.4 Å². The summed E-state index contributed by atoms with van der Waals surface area (Å²) in [7, 11) is 0. The van der Waals surface area contributed by atoms with Crippen molar-refractivity contribution in [1.82, 2.24) is 9.97 Å². The average molecular weight is 359 g/mol. The lowest BCUT2D eigenvalue weighted by atomic mass is 10.1. The van der Waals surface area contributed by atoms with Gasteiger partial charge in [-0.25, -0.2) is 14.4 Å². The zero-order chi connectivity index (χ0) is 18.8. The third-order valence-corrected chi connectivity index (χ3v) is 4.42. The highest BCUT2D eigenvalue weighted by Crippen LogP contribution is 2.29. The third-order valence-electron chi connectivity index (χ3n) is 4.42. The van der Waals surface area contributed by atoms with Gasteiger partial charge in [0.1, 0.15) is 29.5 Å². The standard InChI is InChI=1S/C22H18FN3O/c1-14-10-18-21(11-15(14)2)24-13-25-22(18)26-20-9-8-17(12-19(20)23)27-16-6-4-3-5-7-16/h3-13H,1-2H3,(H,24,25,26). The Hall–Kier alpha value is -3.47. The van der Waals surface area contributed by atoms with Crippen LogP contribution in [-0.4, -0.2) is 9.97 Å². The Bertz CT molecular complexity index is 1110. The Morgan fingerprint density at radius 1 is 0.852 bits per heavy atom. The van der Waals surface area contributed by atoms with E-state index in [2.05, 4.69) is 15.3 Å². The van der Waals surface area contributed by atoms with Crippen LogP contribution in [0.5, 0.6) is 11.5 Å². The van der Waals surface area contributed by atoms with Crippen molar-refractivity contribution in [2.24, 2.45) is 0 Å². The fraction of sp³-hybridized carbons (Fsp3) is 0.0909. The first-order chi connectivity index (χ1) is 13.1. The highest BCUT2D eigenvalue weighted by molar-refractivity contribution is 5.91. The number of fused-ring (bicyclic) bond motifs is 1. The minimum Gasteiger partial charge on any atom is -0.457 e. The number of rotatable bonds is 4. The van der Waals surface area contributed by atoms with Gasteiger partial charge < -0.3 is 10.1 Å². The molecular weight excluding hydrogens is 341 g/mol. The predicted molar refractivity (Wildman–Crippen MR) is 105 cm³/mol. The van der Waals surface area contributed by atoms with E-state index in [9.17, 15) is 4.39 Å². The van der Waals surface area contributed by atoms with E-state index in [0.29, 0.717) is 23.0 Å². The van der Waals surface area contributed by atoms with Gasteiger partial charge in [0.2, 0.25) is 0 Å². The number of hydrogen-bond donors (Lipinski definition) is 1. The quantitative estimate of drug-likeness (QED) is 0.491. The van der Waals surface area contributed by atoms with E-state index in [0.717, 1.165) is 22.0 Å². The average Bonchev–Trinajstić information content (AvgIpc) is 2.66. The molecule has 0 bridgehead atoms. The maximum absolute atomic E-state index is 14.6.